The third-order valence-corrected chi connectivity index (χ3v) is 9.39. The quantitative estimate of drug-likeness (QED) is 0.330. The van der Waals surface area contributed by atoms with E-state index in [1.165, 1.54) is 4.90 Å². The maximum Gasteiger partial charge on any atom is 0.391 e. The van der Waals surface area contributed by atoms with Crippen LogP contribution in [0.2, 0.25) is 10.0 Å². The number of halogens is 6. The molecule has 216 valence electrons. The Morgan fingerprint density at radius 3 is 2.02 bits per heavy atom. The highest BCUT2D eigenvalue weighted by atomic mass is 35.5. The molecule has 0 N–H and O–H groups in total. The Balaban J connectivity index is 1.22. The Hall–Kier alpha value is -2.32. The lowest BCUT2D eigenvalue weighted by Crippen LogP contribution is -2.42. The maximum atomic E-state index is 13.5. The second kappa shape index (κ2) is 11.9. The normalized spacial score (nSPS) is 24.6. The molecule has 0 spiro atoms. The Labute approximate surface area is 241 Å². The van der Waals surface area contributed by atoms with E-state index in [9.17, 15) is 27.2 Å². The molecule has 2 amide bonds. The molecule has 2 aliphatic heterocycles. The maximum absolute atomic E-state index is 13.5. The van der Waals surface area contributed by atoms with Crippen molar-refractivity contribution in [1.82, 2.24) is 9.80 Å². The van der Waals surface area contributed by atoms with Crippen LogP contribution in [-0.2, 0) is 11.2 Å². The van der Waals surface area contributed by atoms with Gasteiger partial charge in [-0.15, -0.1) is 0 Å². The largest absolute Gasteiger partial charge is 0.391 e. The molecule has 2 aromatic rings. The van der Waals surface area contributed by atoms with Crippen molar-refractivity contribution >= 4 is 35.0 Å². The molecule has 4 nitrogen and oxygen atoms in total. The molecular formula is C30H32Cl2F4N2O2. The standard InChI is InChI=1S/C30H32Cl2F4N2O2/c31-26-16-21(18-1-3-19(4-2-18)28(39)37-12-10-22(11-13-37)30(34,35)36)17-27(32)25(26)15-20-9-14-38(29(20)40)24-7-5-23(33)6-8-24/h1-4,16-17,20,22-24H,5-15H2/t20-,23?,24?/m0/s1. The molecule has 2 saturated heterocycles. The van der Waals surface area contributed by atoms with Gasteiger partial charge < -0.3 is 9.80 Å². The average molecular weight is 599 g/mol. The molecule has 5 rings (SSSR count). The Morgan fingerprint density at radius 1 is 0.850 bits per heavy atom. The third kappa shape index (κ3) is 6.28. The number of nitrogens with zero attached hydrogens (tertiary/aromatic N) is 2. The molecule has 3 aliphatic rings. The average Bonchev–Trinajstić information content (AvgIpc) is 3.30. The van der Waals surface area contributed by atoms with Crippen LogP contribution in [0, 0.1) is 11.8 Å². The van der Waals surface area contributed by atoms with E-state index < -0.39 is 18.3 Å². The van der Waals surface area contributed by atoms with E-state index >= 15 is 0 Å². The van der Waals surface area contributed by atoms with Crippen LogP contribution >= 0.6 is 23.2 Å². The minimum atomic E-state index is -4.22. The van der Waals surface area contributed by atoms with Crippen molar-refractivity contribution in [2.45, 2.75) is 69.8 Å². The number of benzene rings is 2. The molecule has 1 saturated carbocycles. The Morgan fingerprint density at radius 2 is 1.45 bits per heavy atom. The molecule has 1 atom stereocenters. The van der Waals surface area contributed by atoms with E-state index in [1.54, 1.807) is 36.4 Å². The van der Waals surface area contributed by atoms with Gasteiger partial charge in [0, 0.05) is 47.2 Å². The van der Waals surface area contributed by atoms with Crippen molar-refractivity contribution in [2.75, 3.05) is 19.6 Å². The first-order valence-electron chi connectivity index (χ1n) is 13.9. The highest BCUT2D eigenvalue weighted by Gasteiger charge is 2.42. The van der Waals surface area contributed by atoms with Gasteiger partial charge in [-0.05, 0) is 92.3 Å². The summed E-state index contributed by atoms with van der Waals surface area (Å²) in [6.45, 7) is 0.832. The van der Waals surface area contributed by atoms with Crippen LogP contribution < -0.4 is 0 Å². The van der Waals surface area contributed by atoms with Gasteiger partial charge in [-0.2, -0.15) is 13.2 Å². The molecule has 3 fully saturated rings. The minimum Gasteiger partial charge on any atom is -0.339 e. The molecule has 10 heteroatoms. The monoisotopic (exact) mass is 598 g/mol. The van der Waals surface area contributed by atoms with Gasteiger partial charge in [-0.25, -0.2) is 4.39 Å². The lowest BCUT2D eigenvalue weighted by molar-refractivity contribution is -0.183. The topological polar surface area (TPSA) is 40.6 Å². The number of alkyl halides is 4. The molecule has 1 aliphatic carbocycles. The van der Waals surface area contributed by atoms with E-state index in [1.807, 2.05) is 4.90 Å². The number of piperidine rings is 1. The molecule has 2 heterocycles. The summed E-state index contributed by atoms with van der Waals surface area (Å²) < 4.78 is 52.4. The first-order valence-corrected chi connectivity index (χ1v) is 14.7. The zero-order valence-electron chi connectivity index (χ0n) is 22.0. The molecular weight excluding hydrogens is 567 g/mol. The van der Waals surface area contributed by atoms with Crippen LogP contribution in [-0.4, -0.2) is 59.6 Å². The van der Waals surface area contributed by atoms with Gasteiger partial charge in [0.25, 0.3) is 5.91 Å². The molecule has 0 bridgehead atoms. The summed E-state index contributed by atoms with van der Waals surface area (Å²) in [6.07, 6.45) is -1.57. The van der Waals surface area contributed by atoms with E-state index in [0.717, 1.165) is 11.1 Å². The van der Waals surface area contributed by atoms with Crippen LogP contribution in [0.15, 0.2) is 36.4 Å². The number of hydrogen-bond acceptors (Lipinski definition) is 2. The van der Waals surface area contributed by atoms with Gasteiger partial charge >= 0.3 is 6.18 Å². The summed E-state index contributed by atoms with van der Waals surface area (Å²) in [5.41, 5.74) is 2.67. The summed E-state index contributed by atoms with van der Waals surface area (Å²) in [5, 5.41) is 0.916. The van der Waals surface area contributed by atoms with Crippen molar-refractivity contribution in [3.8, 4) is 11.1 Å². The van der Waals surface area contributed by atoms with Gasteiger partial charge in [0.1, 0.15) is 6.17 Å². The highest BCUT2D eigenvalue weighted by Crippen LogP contribution is 2.38. The summed E-state index contributed by atoms with van der Waals surface area (Å²) in [4.78, 5) is 29.3. The fourth-order valence-corrected chi connectivity index (χ4v) is 6.91. The summed E-state index contributed by atoms with van der Waals surface area (Å²) in [5.74, 6) is -1.77. The number of rotatable bonds is 5. The Kier molecular flexibility index (Phi) is 8.67. The van der Waals surface area contributed by atoms with Gasteiger partial charge in [-0.1, -0.05) is 35.3 Å². The second-order valence-corrected chi connectivity index (χ2v) is 12.0. The highest BCUT2D eigenvalue weighted by molar-refractivity contribution is 6.36. The lowest BCUT2D eigenvalue weighted by atomic mass is 9.92. The number of carbonyl (C=O) groups is 2. The molecule has 40 heavy (non-hydrogen) atoms. The molecule has 0 radical (unpaired) electrons. The summed E-state index contributed by atoms with van der Waals surface area (Å²) >= 11 is 13.3. The van der Waals surface area contributed by atoms with Crippen LogP contribution in [0.4, 0.5) is 17.6 Å². The zero-order valence-corrected chi connectivity index (χ0v) is 23.5. The number of amides is 2. The van der Waals surface area contributed by atoms with Gasteiger partial charge in [0.05, 0.1) is 5.92 Å². The van der Waals surface area contributed by atoms with Crippen molar-refractivity contribution in [3.63, 3.8) is 0 Å². The molecule has 0 unspecified atom stereocenters. The SMILES string of the molecule is O=C(c1ccc(-c2cc(Cl)c(C[C@@H]3CCN(C4CCC(F)CC4)C3=O)c(Cl)c2)cc1)N1CCC(C(F)(F)F)CC1. The van der Waals surface area contributed by atoms with Crippen molar-refractivity contribution < 1.29 is 27.2 Å². The van der Waals surface area contributed by atoms with E-state index in [0.29, 0.717) is 66.2 Å². The van der Waals surface area contributed by atoms with Crippen molar-refractivity contribution in [1.29, 1.82) is 0 Å². The smallest absolute Gasteiger partial charge is 0.339 e. The summed E-state index contributed by atoms with van der Waals surface area (Å²) in [7, 11) is 0. The zero-order chi connectivity index (χ0) is 28.6. The number of carbonyl (C=O) groups excluding carboxylic acids is 2. The van der Waals surface area contributed by atoms with Gasteiger partial charge in [-0.3, -0.25) is 9.59 Å². The van der Waals surface area contributed by atoms with E-state index in [-0.39, 0.29) is 49.7 Å². The first kappa shape index (κ1) is 29.2. The van der Waals surface area contributed by atoms with E-state index in [2.05, 4.69) is 0 Å². The van der Waals surface area contributed by atoms with Crippen LogP contribution in [0.1, 0.15) is 60.9 Å². The fourth-order valence-electron chi connectivity index (χ4n) is 6.27. The first-order chi connectivity index (χ1) is 19.0. The predicted octanol–water partition coefficient (Wildman–Crippen LogP) is 7.75. The van der Waals surface area contributed by atoms with Crippen LogP contribution in [0.3, 0.4) is 0 Å². The summed E-state index contributed by atoms with van der Waals surface area (Å²) in [6, 6.07) is 10.5. The van der Waals surface area contributed by atoms with E-state index in [4.69, 9.17) is 23.2 Å². The fraction of sp³-hybridized carbons (Fsp3) is 0.533. The number of likely N-dealkylation sites (tertiary alicyclic amines) is 2. The van der Waals surface area contributed by atoms with Crippen molar-refractivity contribution in [3.05, 3.63) is 57.6 Å². The van der Waals surface area contributed by atoms with Gasteiger partial charge in [0.15, 0.2) is 0 Å². The van der Waals surface area contributed by atoms with Crippen LogP contribution in [0.25, 0.3) is 11.1 Å². The lowest BCUT2D eigenvalue weighted by Gasteiger charge is -2.33. The van der Waals surface area contributed by atoms with Crippen LogP contribution in [0.5, 0.6) is 0 Å². The molecule has 2 aromatic carbocycles. The Bertz CT molecular complexity index is 1210. The number of hydrogen-bond donors (Lipinski definition) is 0. The van der Waals surface area contributed by atoms with Crippen molar-refractivity contribution in [2.24, 2.45) is 11.8 Å². The molecule has 0 aromatic heterocycles. The predicted molar refractivity (Wildman–Crippen MR) is 147 cm³/mol. The second-order valence-electron chi connectivity index (χ2n) is 11.2. The minimum absolute atomic E-state index is 0.0808. The third-order valence-electron chi connectivity index (χ3n) is 8.72. The van der Waals surface area contributed by atoms with Gasteiger partial charge in [0.2, 0.25) is 5.91 Å².